The van der Waals surface area contributed by atoms with Gasteiger partial charge in [0.2, 0.25) is 0 Å². The molecule has 184 valence electrons. The lowest BCUT2D eigenvalue weighted by molar-refractivity contribution is -0.0301. The summed E-state index contributed by atoms with van der Waals surface area (Å²) in [6, 6.07) is 5.28. The van der Waals surface area contributed by atoms with Crippen molar-refractivity contribution in [3.8, 4) is 22.6 Å². The quantitative estimate of drug-likeness (QED) is 0.381. The molecule has 5 aromatic rings. The molecule has 36 heavy (non-hydrogen) atoms. The summed E-state index contributed by atoms with van der Waals surface area (Å²) < 4.78 is 49.1. The number of alkyl halides is 2. The Kier molecular flexibility index (Phi) is 5.10. The topological polar surface area (TPSA) is 96.2 Å². The van der Waals surface area contributed by atoms with E-state index in [0.29, 0.717) is 27.7 Å². The predicted molar refractivity (Wildman–Crippen MR) is 124 cm³/mol. The van der Waals surface area contributed by atoms with Crippen LogP contribution < -0.4 is 5.32 Å². The lowest BCUT2D eigenvalue weighted by atomic mass is 10.1. The van der Waals surface area contributed by atoms with E-state index in [4.69, 9.17) is 11.6 Å². The summed E-state index contributed by atoms with van der Waals surface area (Å²) >= 11 is 6.45. The van der Waals surface area contributed by atoms with Crippen LogP contribution in [-0.2, 0) is 26.7 Å². The molecule has 0 fully saturated rings. The van der Waals surface area contributed by atoms with Crippen LogP contribution in [0.1, 0.15) is 5.82 Å². The van der Waals surface area contributed by atoms with E-state index < -0.39 is 24.8 Å². The Labute approximate surface area is 207 Å². The molecule has 6 heterocycles. The Balaban J connectivity index is 1.40. The first-order chi connectivity index (χ1) is 17.3. The summed E-state index contributed by atoms with van der Waals surface area (Å²) in [7, 11) is 1.79. The highest BCUT2D eigenvalue weighted by Gasteiger charge is 2.37. The van der Waals surface area contributed by atoms with Crippen molar-refractivity contribution in [1.82, 2.24) is 43.9 Å². The van der Waals surface area contributed by atoms with Gasteiger partial charge in [0.1, 0.15) is 18.2 Å². The van der Waals surface area contributed by atoms with Crippen LogP contribution in [0.2, 0.25) is 5.02 Å². The van der Waals surface area contributed by atoms with Gasteiger partial charge in [-0.05, 0) is 12.1 Å². The van der Waals surface area contributed by atoms with Gasteiger partial charge >= 0.3 is 0 Å². The Morgan fingerprint density at radius 1 is 1.11 bits per heavy atom. The summed E-state index contributed by atoms with van der Waals surface area (Å²) in [6.07, 6.45) is 6.97. The standard InChI is InChI=1S/C22H18ClF3N10/c1-33-19(2-3-28-33)30-18-5-15(16(23)7-27-18)13-4-17-21-32-31-20(10-35-9-14(24)6-29-35)36(21)12-22(25,26)11-34(17)8-13/h2-9H,10-12H2,1H3,(H,27,30). The van der Waals surface area contributed by atoms with Gasteiger partial charge in [0.25, 0.3) is 5.92 Å². The van der Waals surface area contributed by atoms with Crippen molar-refractivity contribution >= 4 is 23.2 Å². The van der Waals surface area contributed by atoms with Crippen LogP contribution >= 0.6 is 11.6 Å². The molecule has 5 aromatic heterocycles. The zero-order valence-electron chi connectivity index (χ0n) is 18.8. The van der Waals surface area contributed by atoms with Crippen LogP contribution in [0.15, 0.2) is 49.2 Å². The van der Waals surface area contributed by atoms with E-state index in [9.17, 15) is 13.2 Å². The van der Waals surface area contributed by atoms with Gasteiger partial charge in [-0.25, -0.2) is 18.2 Å². The van der Waals surface area contributed by atoms with Crippen LogP contribution in [0.3, 0.4) is 0 Å². The number of nitrogens with one attached hydrogen (secondary N) is 1. The third kappa shape index (κ3) is 4.00. The molecule has 0 atom stereocenters. The fraction of sp³-hybridized carbons (Fsp3) is 0.227. The van der Waals surface area contributed by atoms with Gasteiger partial charge in [-0.2, -0.15) is 10.2 Å². The van der Waals surface area contributed by atoms with Crippen molar-refractivity contribution in [2.24, 2.45) is 7.05 Å². The highest BCUT2D eigenvalue weighted by Crippen LogP contribution is 2.37. The van der Waals surface area contributed by atoms with E-state index in [1.165, 1.54) is 26.2 Å². The lowest BCUT2D eigenvalue weighted by Gasteiger charge is -2.16. The Morgan fingerprint density at radius 3 is 2.72 bits per heavy atom. The Bertz CT molecular complexity index is 1580. The summed E-state index contributed by atoms with van der Waals surface area (Å²) in [5.41, 5.74) is 1.69. The molecule has 0 aliphatic carbocycles. The molecule has 6 rings (SSSR count). The average Bonchev–Trinajstić information content (AvgIpc) is 3.59. The van der Waals surface area contributed by atoms with Crippen molar-refractivity contribution in [2.75, 3.05) is 5.32 Å². The van der Waals surface area contributed by atoms with Gasteiger partial charge in [-0.15, -0.1) is 10.2 Å². The van der Waals surface area contributed by atoms with Gasteiger partial charge in [0, 0.05) is 36.6 Å². The zero-order valence-corrected chi connectivity index (χ0v) is 19.5. The second-order valence-electron chi connectivity index (χ2n) is 8.49. The molecule has 0 saturated carbocycles. The number of hydrogen-bond donors (Lipinski definition) is 1. The highest BCUT2D eigenvalue weighted by atomic mass is 35.5. The van der Waals surface area contributed by atoms with Crippen LogP contribution in [-0.4, -0.2) is 49.8 Å². The normalized spacial score (nSPS) is 14.4. The molecule has 0 radical (unpaired) electrons. The zero-order chi connectivity index (χ0) is 25.0. The van der Waals surface area contributed by atoms with E-state index in [1.54, 1.807) is 42.3 Å². The first kappa shape index (κ1) is 22.3. The maximum absolute atomic E-state index is 15.0. The molecule has 1 aliphatic heterocycles. The second-order valence-corrected chi connectivity index (χ2v) is 8.90. The molecule has 0 aromatic carbocycles. The minimum Gasteiger partial charge on any atom is -0.338 e. The fourth-order valence-electron chi connectivity index (χ4n) is 4.24. The van der Waals surface area contributed by atoms with Crippen LogP contribution in [0.4, 0.5) is 24.8 Å². The molecule has 0 spiro atoms. The monoisotopic (exact) mass is 514 g/mol. The molecular formula is C22H18ClF3N10. The van der Waals surface area contributed by atoms with Crippen LogP contribution in [0.25, 0.3) is 22.6 Å². The van der Waals surface area contributed by atoms with E-state index >= 15 is 0 Å². The van der Waals surface area contributed by atoms with Crippen molar-refractivity contribution in [2.45, 2.75) is 25.6 Å². The number of aryl methyl sites for hydroxylation is 1. The summed E-state index contributed by atoms with van der Waals surface area (Å²) in [6.45, 7) is -1.16. The average molecular weight is 515 g/mol. The third-order valence-corrected chi connectivity index (χ3v) is 6.19. The number of halogens is 4. The van der Waals surface area contributed by atoms with Crippen molar-refractivity contribution in [3.63, 3.8) is 0 Å². The fourth-order valence-corrected chi connectivity index (χ4v) is 4.45. The van der Waals surface area contributed by atoms with Gasteiger partial charge in [-0.3, -0.25) is 9.36 Å². The van der Waals surface area contributed by atoms with Crippen molar-refractivity contribution in [1.29, 1.82) is 0 Å². The molecule has 0 bridgehead atoms. The van der Waals surface area contributed by atoms with Gasteiger partial charge < -0.3 is 14.5 Å². The molecule has 0 amide bonds. The highest BCUT2D eigenvalue weighted by molar-refractivity contribution is 6.33. The molecule has 1 N–H and O–H groups in total. The van der Waals surface area contributed by atoms with E-state index in [0.717, 1.165) is 12.0 Å². The van der Waals surface area contributed by atoms with E-state index in [1.807, 2.05) is 0 Å². The van der Waals surface area contributed by atoms with Crippen LogP contribution in [0.5, 0.6) is 0 Å². The Hall–Kier alpha value is -4.13. The van der Waals surface area contributed by atoms with Crippen molar-refractivity contribution in [3.05, 3.63) is 65.8 Å². The summed E-state index contributed by atoms with van der Waals surface area (Å²) in [5, 5.41) is 19.8. The van der Waals surface area contributed by atoms with Crippen molar-refractivity contribution < 1.29 is 13.2 Å². The second kappa shape index (κ2) is 8.22. The number of rotatable bonds is 5. The number of anilines is 2. The summed E-state index contributed by atoms with van der Waals surface area (Å²) in [4.78, 5) is 4.31. The molecule has 14 heteroatoms. The first-order valence-corrected chi connectivity index (χ1v) is 11.2. The molecule has 1 aliphatic rings. The predicted octanol–water partition coefficient (Wildman–Crippen LogP) is 3.97. The molecule has 0 saturated heterocycles. The maximum Gasteiger partial charge on any atom is 0.283 e. The molecule has 0 unspecified atom stereocenters. The summed E-state index contributed by atoms with van der Waals surface area (Å²) in [5.74, 6) is -1.85. The van der Waals surface area contributed by atoms with E-state index in [2.05, 4.69) is 30.7 Å². The van der Waals surface area contributed by atoms with Gasteiger partial charge in [0.05, 0.1) is 42.4 Å². The lowest BCUT2D eigenvalue weighted by Crippen LogP contribution is -2.28. The molecular weight excluding hydrogens is 497 g/mol. The smallest absolute Gasteiger partial charge is 0.283 e. The number of nitrogens with zero attached hydrogens (tertiary/aromatic N) is 9. The number of fused-ring (bicyclic) bond motifs is 3. The maximum atomic E-state index is 15.0. The number of aromatic nitrogens is 9. The first-order valence-electron chi connectivity index (χ1n) is 10.9. The number of hydrogen-bond acceptors (Lipinski definition) is 6. The molecule has 10 nitrogen and oxygen atoms in total. The third-order valence-electron chi connectivity index (χ3n) is 5.89. The Morgan fingerprint density at radius 2 is 1.97 bits per heavy atom. The van der Waals surface area contributed by atoms with Crippen LogP contribution in [0, 0.1) is 5.82 Å². The minimum absolute atomic E-state index is 0.000209. The minimum atomic E-state index is -3.09. The van der Waals surface area contributed by atoms with E-state index in [-0.39, 0.29) is 18.2 Å². The SMILES string of the molecule is Cn1nccc1Nc1cc(-c2cc3n(c2)CC(F)(F)Cn2c(Cn4cc(F)cn4)nnc2-3)c(Cl)cn1. The largest absolute Gasteiger partial charge is 0.338 e. The number of pyridine rings is 1. The van der Waals surface area contributed by atoms with Gasteiger partial charge in [-0.1, -0.05) is 11.6 Å². The van der Waals surface area contributed by atoms with Gasteiger partial charge in [0.15, 0.2) is 17.5 Å².